The van der Waals surface area contributed by atoms with E-state index in [0.29, 0.717) is 6.61 Å². The molecule has 2 saturated heterocycles. The van der Waals surface area contributed by atoms with E-state index in [-0.39, 0.29) is 12.0 Å². The molecule has 0 radical (unpaired) electrons. The number of benzene rings is 1. The van der Waals surface area contributed by atoms with Gasteiger partial charge in [-0.15, -0.1) is 0 Å². The van der Waals surface area contributed by atoms with Gasteiger partial charge in [0.25, 0.3) is 5.91 Å². The molecule has 1 aromatic carbocycles. The van der Waals surface area contributed by atoms with Gasteiger partial charge in [-0.3, -0.25) is 4.79 Å². The van der Waals surface area contributed by atoms with Crippen molar-refractivity contribution >= 4 is 5.91 Å². The molecule has 0 aromatic heterocycles. The summed E-state index contributed by atoms with van der Waals surface area (Å²) in [5, 5.41) is 0. The van der Waals surface area contributed by atoms with Crippen molar-refractivity contribution in [2.75, 3.05) is 45.9 Å². The Kier molecular flexibility index (Phi) is 5.51. The molecule has 1 unspecified atom stereocenters. The van der Waals surface area contributed by atoms with Crippen LogP contribution >= 0.6 is 0 Å². The second-order valence-corrected chi connectivity index (χ2v) is 6.20. The van der Waals surface area contributed by atoms with Crippen molar-refractivity contribution in [2.24, 2.45) is 0 Å². The zero-order valence-corrected chi connectivity index (χ0v) is 13.9. The molecule has 0 saturated carbocycles. The number of amides is 1. The van der Waals surface area contributed by atoms with E-state index in [9.17, 15) is 4.79 Å². The smallest absolute Gasteiger partial charge is 0.253 e. The van der Waals surface area contributed by atoms with Crippen molar-refractivity contribution in [3.8, 4) is 5.75 Å². The Morgan fingerprint density at radius 2 is 1.96 bits per heavy atom. The minimum absolute atomic E-state index is 0.117. The Morgan fingerprint density at radius 3 is 2.57 bits per heavy atom. The lowest BCUT2D eigenvalue weighted by molar-refractivity contribution is 0.0641. The predicted molar refractivity (Wildman–Crippen MR) is 88.9 cm³/mol. The Labute approximate surface area is 138 Å². The van der Waals surface area contributed by atoms with Crippen LogP contribution in [0.1, 0.15) is 30.1 Å². The first-order chi connectivity index (χ1) is 11.3. The Morgan fingerprint density at radius 1 is 1.22 bits per heavy atom. The zero-order chi connectivity index (χ0) is 16.1. The molecule has 2 heterocycles. The third-order valence-electron chi connectivity index (χ3n) is 4.67. The minimum Gasteiger partial charge on any atom is -0.491 e. The predicted octanol–water partition coefficient (Wildman–Crippen LogP) is 2.02. The molecule has 0 bridgehead atoms. The topological polar surface area (TPSA) is 42.0 Å². The van der Waals surface area contributed by atoms with Gasteiger partial charge in [-0.05, 0) is 43.7 Å². The molecule has 126 valence electrons. The van der Waals surface area contributed by atoms with Crippen LogP contribution in [0.15, 0.2) is 24.3 Å². The number of rotatable bonds is 5. The molecular formula is C18H26N2O3. The Balaban J connectivity index is 1.51. The van der Waals surface area contributed by atoms with Crippen LogP contribution in [0, 0.1) is 0 Å². The number of carbonyl (C=O) groups is 1. The van der Waals surface area contributed by atoms with Crippen LogP contribution in [0.3, 0.4) is 0 Å². The maximum Gasteiger partial charge on any atom is 0.253 e. The fourth-order valence-electron chi connectivity index (χ4n) is 3.11. The standard InChI is InChI=1S/C18H26N2O3/c1-2-19-9-11-20(12-10-19)18(21)15-5-7-16(8-6-15)23-14-17-4-3-13-22-17/h5-8,17H,2-4,9-14H2,1H3. The largest absolute Gasteiger partial charge is 0.491 e. The lowest BCUT2D eigenvalue weighted by Crippen LogP contribution is -2.48. The monoisotopic (exact) mass is 318 g/mol. The molecule has 3 rings (SSSR count). The van der Waals surface area contributed by atoms with Crippen LogP contribution in [-0.4, -0.2) is 67.7 Å². The van der Waals surface area contributed by atoms with Gasteiger partial charge in [0.1, 0.15) is 12.4 Å². The highest BCUT2D eigenvalue weighted by Crippen LogP contribution is 2.17. The zero-order valence-electron chi connectivity index (χ0n) is 13.9. The molecule has 1 amide bonds. The molecule has 2 fully saturated rings. The van der Waals surface area contributed by atoms with Crippen molar-refractivity contribution < 1.29 is 14.3 Å². The van der Waals surface area contributed by atoms with Crippen LogP contribution < -0.4 is 4.74 Å². The van der Waals surface area contributed by atoms with E-state index in [1.165, 1.54) is 0 Å². The third-order valence-corrected chi connectivity index (χ3v) is 4.67. The molecule has 2 aliphatic rings. The first-order valence-corrected chi connectivity index (χ1v) is 8.62. The molecule has 2 aliphatic heterocycles. The molecule has 1 atom stereocenters. The van der Waals surface area contributed by atoms with Crippen LogP contribution in [0.4, 0.5) is 0 Å². The van der Waals surface area contributed by atoms with Crippen molar-refractivity contribution in [1.29, 1.82) is 0 Å². The first kappa shape index (κ1) is 16.3. The molecule has 0 spiro atoms. The van der Waals surface area contributed by atoms with Crippen LogP contribution in [0.25, 0.3) is 0 Å². The molecule has 23 heavy (non-hydrogen) atoms. The summed E-state index contributed by atoms with van der Waals surface area (Å²) in [5.74, 6) is 0.916. The summed E-state index contributed by atoms with van der Waals surface area (Å²) in [6.07, 6.45) is 2.40. The maximum atomic E-state index is 12.5. The summed E-state index contributed by atoms with van der Waals surface area (Å²) >= 11 is 0. The summed E-state index contributed by atoms with van der Waals surface area (Å²) in [6, 6.07) is 7.48. The number of likely N-dealkylation sites (N-methyl/N-ethyl adjacent to an activating group) is 1. The Hall–Kier alpha value is -1.59. The van der Waals surface area contributed by atoms with Gasteiger partial charge in [-0.25, -0.2) is 0 Å². The van der Waals surface area contributed by atoms with E-state index >= 15 is 0 Å². The summed E-state index contributed by atoms with van der Waals surface area (Å²) in [6.45, 7) is 8.19. The number of piperazine rings is 1. The van der Waals surface area contributed by atoms with Crippen molar-refractivity contribution in [1.82, 2.24) is 9.80 Å². The molecule has 1 aromatic rings. The van der Waals surface area contributed by atoms with Crippen molar-refractivity contribution in [3.05, 3.63) is 29.8 Å². The highest BCUT2D eigenvalue weighted by atomic mass is 16.5. The molecule has 5 heteroatoms. The number of hydrogen-bond acceptors (Lipinski definition) is 4. The van der Waals surface area contributed by atoms with Gasteiger partial charge in [0.2, 0.25) is 0 Å². The maximum absolute atomic E-state index is 12.5. The van der Waals surface area contributed by atoms with Gasteiger partial charge in [-0.1, -0.05) is 6.92 Å². The quantitative estimate of drug-likeness (QED) is 0.833. The molecule has 0 aliphatic carbocycles. The van der Waals surface area contributed by atoms with Crippen molar-refractivity contribution in [2.45, 2.75) is 25.9 Å². The molecule has 5 nitrogen and oxygen atoms in total. The second-order valence-electron chi connectivity index (χ2n) is 6.20. The number of nitrogens with zero attached hydrogens (tertiary/aromatic N) is 2. The summed E-state index contributed by atoms with van der Waals surface area (Å²) in [5.41, 5.74) is 0.736. The normalized spacial score (nSPS) is 22.3. The van der Waals surface area contributed by atoms with Crippen LogP contribution in [0.5, 0.6) is 5.75 Å². The first-order valence-electron chi connectivity index (χ1n) is 8.62. The lowest BCUT2D eigenvalue weighted by atomic mass is 10.1. The third kappa shape index (κ3) is 4.24. The van der Waals surface area contributed by atoms with E-state index in [1.54, 1.807) is 0 Å². The minimum atomic E-state index is 0.117. The van der Waals surface area contributed by atoms with Gasteiger partial charge in [0.15, 0.2) is 0 Å². The highest BCUT2D eigenvalue weighted by molar-refractivity contribution is 5.94. The average Bonchev–Trinajstić information content (AvgIpc) is 3.13. The summed E-state index contributed by atoms with van der Waals surface area (Å²) in [4.78, 5) is 16.8. The van der Waals surface area contributed by atoms with Crippen LogP contribution in [0.2, 0.25) is 0 Å². The van der Waals surface area contributed by atoms with Gasteiger partial charge in [-0.2, -0.15) is 0 Å². The fraction of sp³-hybridized carbons (Fsp3) is 0.611. The van der Waals surface area contributed by atoms with Gasteiger partial charge in [0, 0.05) is 38.3 Å². The summed E-state index contributed by atoms with van der Waals surface area (Å²) in [7, 11) is 0. The number of hydrogen-bond donors (Lipinski definition) is 0. The van der Waals surface area contributed by atoms with E-state index in [4.69, 9.17) is 9.47 Å². The molecule has 0 N–H and O–H groups in total. The number of ether oxygens (including phenoxy) is 2. The van der Waals surface area contributed by atoms with E-state index in [2.05, 4.69) is 11.8 Å². The highest BCUT2D eigenvalue weighted by Gasteiger charge is 2.21. The lowest BCUT2D eigenvalue weighted by Gasteiger charge is -2.34. The second kappa shape index (κ2) is 7.79. The molecular weight excluding hydrogens is 292 g/mol. The SMILES string of the molecule is CCN1CCN(C(=O)c2ccc(OCC3CCCO3)cc2)CC1. The number of carbonyl (C=O) groups excluding carboxylic acids is 1. The summed E-state index contributed by atoms with van der Waals surface area (Å²) < 4.78 is 11.3. The van der Waals surface area contributed by atoms with Crippen molar-refractivity contribution in [3.63, 3.8) is 0 Å². The van der Waals surface area contributed by atoms with E-state index < -0.39 is 0 Å². The van der Waals surface area contributed by atoms with Crippen LogP contribution in [-0.2, 0) is 4.74 Å². The Bertz CT molecular complexity index is 504. The fourth-order valence-corrected chi connectivity index (χ4v) is 3.11. The van der Waals surface area contributed by atoms with Gasteiger partial charge >= 0.3 is 0 Å². The van der Waals surface area contributed by atoms with Gasteiger partial charge < -0.3 is 19.3 Å². The van der Waals surface area contributed by atoms with Gasteiger partial charge in [0.05, 0.1) is 6.10 Å². The van der Waals surface area contributed by atoms with E-state index in [0.717, 1.165) is 63.5 Å². The average molecular weight is 318 g/mol. The van der Waals surface area contributed by atoms with E-state index in [1.807, 2.05) is 29.2 Å².